The molecule has 1 aromatic rings. The van der Waals surface area contributed by atoms with Crippen molar-refractivity contribution in [2.24, 2.45) is 12.0 Å². The molecule has 0 spiro atoms. The van der Waals surface area contributed by atoms with Gasteiger partial charge in [0.1, 0.15) is 5.82 Å². The fraction of sp³-hybridized carbons (Fsp3) is 0.333. The maximum absolute atomic E-state index is 5.88. The van der Waals surface area contributed by atoms with Crippen LogP contribution in [0.25, 0.3) is 5.57 Å². The number of allylic oxidation sites excluding steroid dienone is 1. The number of rotatable bonds is 1. The van der Waals surface area contributed by atoms with Crippen molar-refractivity contribution in [3.63, 3.8) is 0 Å². The Morgan fingerprint density at radius 2 is 2.19 bits per heavy atom. The van der Waals surface area contributed by atoms with E-state index in [1.165, 1.54) is 0 Å². The molecule has 2 rings (SSSR count). The predicted molar refractivity (Wildman–Crippen MR) is 65.8 cm³/mol. The number of aromatic nitrogens is 2. The summed E-state index contributed by atoms with van der Waals surface area (Å²) in [6.45, 7) is 3.86. The Morgan fingerprint density at radius 1 is 1.44 bits per heavy atom. The number of nitrogen functional groups attached to an aromatic ring is 1. The van der Waals surface area contributed by atoms with Crippen molar-refractivity contribution in [3.05, 3.63) is 17.5 Å². The second kappa shape index (κ2) is 3.86. The van der Waals surface area contributed by atoms with Crippen molar-refractivity contribution >= 4 is 17.1 Å². The summed E-state index contributed by atoms with van der Waals surface area (Å²) in [5, 5.41) is 4.39. The third kappa shape index (κ3) is 1.72. The molecule has 2 N–H and O–H groups in total. The highest BCUT2D eigenvalue weighted by atomic mass is 15.3. The molecule has 0 bridgehead atoms. The minimum Gasteiger partial charge on any atom is -0.384 e. The number of anilines is 1. The number of hydrogen-bond donors (Lipinski definition) is 1. The molecule has 0 atom stereocenters. The van der Waals surface area contributed by atoms with Crippen molar-refractivity contribution < 1.29 is 0 Å². The van der Waals surface area contributed by atoms with Crippen LogP contribution < -0.4 is 5.73 Å². The lowest BCUT2D eigenvalue weighted by atomic mass is 10.1. The Kier molecular flexibility index (Phi) is 2.53. The van der Waals surface area contributed by atoms with Gasteiger partial charge >= 0.3 is 0 Å². The molecule has 0 unspecified atom stereocenters. The summed E-state index contributed by atoms with van der Waals surface area (Å²) in [7, 11) is 1.84. The molecule has 0 saturated heterocycles. The quantitative estimate of drug-likeness (QED) is 0.720. The Labute approximate surface area is 94.9 Å². The first-order valence-electron chi connectivity index (χ1n) is 5.11. The summed E-state index contributed by atoms with van der Waals surface area (Å²) in [6.07, 6.45) is 2.48. The monoisotopic (exact) mass is 214 g/mol. The summed E-state index contributed by atoms with van der Waals surface area (Å²) in [4.78, 5) is 4.25. The molecule has 4 heteroatoms. The van der Waals surface area contributed by atoms with E-state index in [0.717, 1.165) is 22.5 Å². The molecule has 82 valence electrons. The van der Waals surface area contributed by atoms with E-state index < -0.39 is 0 Å². The number of hydrogen-bond acceptors (Lipinski definition) is 3. The normalized spacial score (nSPS) is 14.7. The Hall–Kier alpha value is -2.02. The summed E-state index contributed by atoms with van der Waals surface area (Å²) in [6, 6.07) is 0. The topological polar surface area (TPSA) is 56.2 Å². The lowest BCUT2D eigenvalue weighted by Gasteiger charge is -1.98. The average molecular weight is 214 g/mol. The van der Waals surface area contributed by atoms with Crippen LogP contribution in [0.3, 0.4) is 0 Å². The predicted octanol–water partition coefficient (Wildman–Crippen LogP) is 1.52. The molecule has 0 amide bonds. The van der Waals surface area contributed by atoms with Gasteiger partial charge in [0.15, 0.2) is 0 Å². The van der Waals surface area contributed by atoms with Crippen molar-refractivity contribution in [3.8, 4) is 11.8 Å². The Bertz CT molecular complexity index is 550. The van der Waals surface area contributed by atoms with Gasteiger partial charge in [0.2, 0.25) is 0 Å². The van der Waals surface area contributed by atoms with Crippen molar-refractivity contribution in [2.45, 2.75) is 20.3 Å². The van der Waals surface area contributed by atoms with E-state index in [4.69, 9.17) is 5.73 Å². The second-order valence-corrected chi connectivity index (χ2v) is 3.83. The van der Waals surface area contributed by atoms with E-state index in [0.29, 0.717) is 12.2 Å². The standard InChI is InChI=1S/C12H14N4/c1-8-5-4-6-10(7-14-8)11-9(2)12(13)16(3)15-11/h7H,6,13H2,1-3H3. The third-order valence-electron chi connectivity index (χ3n) is 2.60. The molecule has 0 aliphatic carbocycles. The van der Waals surface area contributed by atoms with Crippen LogP contribution in [0.5, 0.6) is 0 Å². The maximum Gasteiger partial charge on any atom is 0.124 e. The van der Waals surface area contributed by atoms with E-state index in [1.54, 1.807) is 4.68 Å². The molecular formula is C12H14N4. The molecule has 2 heterocycles. The van der Waals surface area contributed by atoms with E-state index in [1.807, 2.05) is 27.1 Å². The van der Waals surface area contributed by atoms with Crippen molar-refractivity contribution in [1.82, 2.24) is 9.78 Å². The molecular weight excluding hydrogens is 200 g/mol. The lowest BCUT2D eigenvalue weighted by Crippen LogP contribution is -1.97. The SMILES string of the molecule is CC1=NC=C(c2nn(C)c(N)c2C)CC#C1. The van der Waals surface area contributed by atoms with Crippen LogP contribution in [0.4, 0.5) is 5.82 Å². The van der Waals surface area contributed by atoms with E-state index in [-0.39, 0.29) is 0 Å². The van der Waals surface area contributed by atoms with Crippen LogP contribution in [0.1, 0.15) is 24.6 Å². The first-order chi connectivity index (χ1) is 7.59. The van der Waals surface area contributed by atoms with Gasteiger partial charge in [-0.25, -0.2) is 0 Å². The highest BCUT2D eigenvalue weighted by molar-refractivity contribution is 6.00. The second-order valence-electron chi connectivity index (χ2n) is 3.83. The molecule has 1 aromatic heterocycles. The zero-order valence-corrected chi connectivity index (χ0v) is 9.70. The van der Waals surface area contributed by atoms with Gasteiger partial charge in [-0.1, -0.05) is 11.8 Å². The molecule has 1 aliphatic heterocycles. The largest absolute Gasteiger partial charge is 0.384 e. The third-order valence-corrected chi connectivity index (χ3v) is 2.60. The Morgan fingerprint density at radius 3 is 2.81 bits per heavy atom. The minimum absolute atomic E-state index is 0.665. The molecule has 4 nitrogen and oxygen atoms in total. The number of nitrogens with zero attached hydrogens (tertiary/aromatic N) is 3. The fourth-order valence-corrected chi connectivity index (χ4v) is 1.61. The summed E-state index contributed by atoms with van der Waals surface area (Å²) >= 11 is 0. The number of aliphatic imine (C=N–C) groups is 1. The molecule has 0 fully saturated rings. The zero-order chi connectivity index (χ0) is 11.7. The zero-order valence-electron chi connectivity index (χ0n) is 9.70. The van der Waals surface area contributed by atoms with Gasteiger partial charge in [0.25, 0.3) is 0 Å². The van der Waals surface area contributed by atoms with E-state index in [2.05, 4.69) is 21.9 Å². The molecule has 0 saturated carbocycles. The number of aryl methyl sites for hydroxylation is 1. The van der Waals surface area contributed by atoms with E-state index >= 15 is 0 Å². The van der Waals surface area contributed by atoms with Gasteiger partial charge in [-0.3, -0.25) is 9.67 Å². The smallest absolute Gasteiger partial charge is 0.124 e. The average Bonchev–Trinajstić information content (AvgIpc) is 2.47. The van der Waals surface area contributed by atoms with Gasteiger partial charge in [-0.2, -0.15) is 5.10 Å². The molecule has 0 radical (unpaired) electrons. The van der Waals surface area contributed by atoms with Crippen LogP contribution in [-0.4, -0.2) is 15.5 Å². The van der Waals surface area contributed by atoms with Crippen molar-refractivity contribution in [2.75, 3.05) is 5.73 Å². The van der Waals surface area contributed by atoms with E-state index in [9.17, 15) is 0 Å². The van der Waals surface area contributed by atoms with Gasteiger partial charge in [0.05, 0.1) is 11.4 Å². The minimum atomic E-state index is 0.665. The van der Waals surface area contributed by atoms with Crippen LogP contribution >= 0.6 is 0 Å². The summed E-state index contributed by atoms with van der Waals surface area (Å²) in [5.41, 5.74) is 9.62. The van der Waals surface area contributed by atoms with Gasteiger partial charge < -0.3 is 5.73 Å². The highest BCUT2D eigenvalue weighted by Crippen LogP contribution is 2.24. The molecule has 0 aromatic carbocycles. The van der Waals surface area contributed by atoms with Crippen LogP contribution in [0, 0.1) is 18.8 Å². The summed E-state index contributed by atoms with van der Waals surface area (Å²) < 4.78 is 1.68. The van der Waals surface area contributed by atoms with Crippen LogP contribution in [0.15, 0.2) is 11.2 Å². The Balaban J connectivity index is 2.47. The van der Waals surface area contributed by atoms with Crippen LogP contribution in [0.2, 0.25) is 0 Å². The number of nitrogens with two attached hydrogens (primary N) is 1. The first kappa shape index (κ1) is 10.5. The molecule has 16 heavy (non-hydrogen) atoms. The van der Waals surface area contributed by atoms with Crippen LogP contribution in [-0.2, 0) is 7.05 Å². The maximum atomic E-state index is 5.88. The van der Waals surface area contributed by atoms with Gasteiger partial charge in [-0.15, -0.1) is 0 Å². The fourth-order valence-electron chi connectivity index (χ4n) is 1.61. The lowest BCUT2D eigenvalue weighted by molar-refractivity contribution is 0.773. The first-order valence-corrected chi connectivity index (χ1v) is 5.11. The van der Waals surface area contributed by atoms with Gasteiger partial charge in [-0.05, 0) is 13.8 Å². The summed E-state index contributed by atoms with van der Waals surface area (Å²) in [5.74, 6) is 6.72. The van der Waals surface area contributed by atoms with Crippen molar-refractivity contribution in [1.29, 1.82) is 0 Å². The molecule has 1 aliphatic rings. The highest BCUT2D eigenvalue weighted by Gasteiger charge is 2.13. The van der Waals surface area contributed by atoms with Gasteiger partial charge in [0, 0.05) is 30.8 Å².